The zero-order valence-electron chi connectivity index (χ0n) is 9.53. The molecule has 3 N–H and O–H groups in total. The van der Waals surface area contributed by atoms with Gasteiger partial charge in [0.15, 0.2) is 0 Å². The highest BCUT2D eigenvalue weighted by atomic mass is 79.9. The molecule has 1 rings (SSSR count). The van der Waals surface area contributed by atoms with E-state index in [0.29, 0.717) is 4.99 Å². The van der Waals surface area contributed by atoms with E-state index in [1.165, 1.54) is 0 Å². The number of nitrogens with one attached hydrogen (secondary N) is 1. The maximum atomic E-state index is 10.9. The van der Waals surface area contributed by atoms with Crippen molar-refractivity contribution in [3.63, 3.8) is 0 Å². The molecule has 0 aliphatic carbocycles. The summed E-state index contributed by atoms with van der Waals surface area (Å²) >= 11 is 8.36. The normalized spacial score (nSPS) is 12.1. The second-order valence-electron chi connectivity index (χ2n) is 3.62. The van der Waals surface area contributed by atoms with Gasteiger partial charge in [-0.05, 0) is 40.5 Å². The Bertz CT molecular complexity index is 437. The topological polar surface area (TPSA) is 55.1 Å². The number of rotatable bonds is 6. The monoisotopic (exact) mass is 334 g/mol. The van der Waals surface area contributed by atoms with Crippen molar-refractivity contribution < 1.29 is 4.21 Å². The van der Waals surface area contributed by atoms with Gasteiger partial charge in [0.25, 0.3) is 0 Å². The first-order valence-corrected chi connectivity index (χ1v) is 8.07. The zero-order chi connectivity index (χ0) is 12.8. The van der Waals surface area contributed by atoms with Crippen LogP contribution >= 0.6 is 28.1 Å². The Morgan fingerprint density at radius 1 is 1.59 bits per heavy atom. The number of benzene rings is 1. The Kier molecular flexibility index (Phi) is 6.08. The van der Waals surface area contributed by atoms with Crippen LogP contribution in [0, 0.1) is 0 Å². The second-order valence-corrected chi connectivity index (χ2v) is 6.47. The first-order chi connectivity index (χ1) is 8.00. The Hall–Kier alpha value is -0.460. The molecule has 0 radical (unpaired) electrons. The molecule has 1 unspecified atom stereocenters. The highest BCUT2D eigenvalue weighted by Gasteiger charge is 2.02. The number of halogens is 1. The van der Waals surface area contributed by atoms with Gasteiger partial charge in [-0.15, -0.1) is 0 Å². The fraction of sp³-hybridized carbons (Fsp3) is 0.364. The third-order valence-electron chi connectivity index (χ3n) is 2.18. The minimum absolute atomic E-state index is 0.388. The van der Waals surface area contributed by atoms with Crippen LogP contribution in [0.3, 0.4) is 0 Å². The molecule has 0 saturated heterocycles. The summed E-state index contributed by atoms with van der Waals surface area (Å²) in [5.74, 6) is 0.718. The zero-order valence-corrected chi connectivity index (χ0v) is 12.8. The van der Waals surface area contributed by atoms with Gasteiger partial charge in [0.05, 0.1) is 0 Å². The van der Waals surface area contributed by atoms with E-state index in [1.807, 2.05) is 18.2 Å². The van der Waals surface area contributed by atoms with Crippen molar-refractivity contribution in [1.82, 2.24) is 0 Å². The number of thiocarbonyl (C=S) groups is 1. The summed E-state index contributed by atoms with van der Waals surface area (Å²) in [6, 6.07) is 5.71. The van der Waals surface area contributed by atoms with E-state index in [-0.39, 0.29) is 0 Å². The first kappa shape index (κ1) is 14.6. The summed E-state index contributed by atoms with van der Waals surface area (Å²) < 4.78 is 11.8. The lowest BCUT2D eigenvalue weighted by Crippen LogP contribution is -2.10. The van der Waals surface area contributed by atoms with Crippen molar-refractivity contribution >= 4 is 49.6 Å². The van der Waals surface area contributed by atoms with Gasteiger partial charge < -0.3 is 11.1 Å². The van der Waals surface area contributed by atoms with Gasteiger partial charge in [0.1, 0.15) is 4.99 Å². The molecule has 0 aliphatic heterocycles. The average Bonchev–Trinajstić information content (AvgIpc) is 2.25. The molecule has 0 spiro atoms. The maximum absolute atomic E-state index is 10.9. The quantitative estimate of drug-likeness (QED) is 0.619. The van der Waals surface area contributed by atoms with Gasteiger partial charge in [-0.2, -0.15) is 0 Å². The summed E-state index contributed by atoms with van der Waals surface area (Å²) in [5.41, 5.74) is 7.38. The average molecular weight is 335 g/mol. The molecule has 1 aromatic carbocycles. The smallest absolute Gasteiger partial charge is 0.104 e. The molecule has 0 bridgehead atoms. The van der Waals surface area contributed by atoms with E-state index in [4.69, 9.17) is 18.0 Å². The predicted molar refractivity (Wildman–Crippen MR) is 82.1 cm³/mol. The lowest BCUT2D eigenvalue weighted by molar-refractivity contribution is 0.685. The van der Waals surface area contributed by atoms with Crippen LogP contribution in [0.15, 0.2) is 22.7 Å². The standard InChI is InChI=1S/C11H15BrN2OS2/c1-17(15)6-2-5-14-10-4-3-8(11(13)16)7-9(10)12/h3-4,7,14H,2,5-6H2,1H3,(H2,13,16). The van der Waals surface area contributed by atoms with Crippen LogP contribution < -0.4 is 11.1 Å². The fourth-order valence-electron chi connectivity index (χ4n) is 1.31. The molecule has 0 saturated carbocycles. The minimum atomic E-state index is -0.724. The van der Waals surface area contributed by atoms with Gasteiger partial charge in [-0.1, -0.05) is 12.2 Å². The summed E-state index contributed by atoms with van der Waals surface area (Å²) in [6.07, 6.45) is 2.60. The Morgan fingerprint density at radius 2 is 2.29 bits per heavy atom. The van der Waals surface area contributed by atoms with Gasteiger partial charge in [-0.25, -0.2) is 0 Å². The Balaban J connectivity index is 2.54. The summed E-state index contributed by atoms with van der Waals surface area (Å²) in [7, 11) is -0.724. The number of anilines is 1. The number of hydrogen-bond acceptors (Lipinski definition) is 3. The molecule has 1 aromatic rings. The molecular weight excluding hydrogens is 320 g/mol. The van der Waals surface area contributed by atoms with E-state index < -0.39 is 10.8 Å². The molecular formula is C11H15BrN2OS2. The van der Waals surface area contributed by atoms with Crippen molar-refractivity contribution in [3.8, 4) is 0 Å². The van der Waals surface area contributed by atoms with E-state index in [0.717, 1.165) is 34.4 Å². The van der Waals surface area contributed by atoms with E-state index >= 15 is 0 Å². The lowest BCUT2D eigenvalue weighted by atomic mass is 10.2. The third kappa shape index (κ3) is 5.14. The molecule has 0 amide bonds. The third-order valence-corrected chi connectivity index (χ3v) is 3.93. The largest absolute Gasteiger partial charge is 0.389 e. The maximum Gasteiger partial charge on any atom is 0.104 e. The molecule has 0 fully saturated rings. The van der Waals surface area contributed by atoms with Crippen molar-refractivity contribution in [1.29, 1.82) is 0 Å². The van der Waals surface area contributed by atoms with E-state index in [9.17, 15) is 4.21 Å². The van der Waals surface area contributed by atoms with Crippen LogP contribution in [0.5, 0.6) is 0 Å². The summed E-state index contributed by atoms with van der Waals surface area (Å²) in [4.78, 5) is 0.388. The Morgan fingerprint density at radius 3 is 2.82 bits per heavy atom. The summed E-state index contributed by atoms with van der Waals surface area (Å²) in [6.45, 7) is 0.796. The van der Waals surface area contributed by atoms with Gasteiger partial charge in [0, 0.05) is 45.1 Å². The molecule has 3 nitrogen and oxygen atoms in total. The van der Waals surface area contributed by atoms with Crippen LogP contribution in [0.25, 0.3) is 0 Å². The van der Waals surface area contributed by atoms with Crippen molar-refractivity contribution in [2.45, 2.75) is 6.42 Å². The fourth-order valence-corrected chi connectivity index (χ4v) is 2.51. The van der Waals surface area contributed by atoms with Crippen LogP contribution in [0.2, 0.25) is 0 Å². The van der Waals surface area contributed by atoms with Crippen LogP contribution in [-0.4, -0.2) is 27.8 Å². The molecule has 0 aromatic heterocycles. The molecule has 17 heavy (non-hydrogen) atoms. The second kappa shape index (κ2) is 7.08. The van der Waals surface area contributed by atoms with Crippen LogP contribution in [0.4, 0.5) is 5.69 Å². The SMILES string of the molecule is CS(=O)CCCNc1ccc(C(N)=S)cc1Br. The molecule has 6 heteroatoms. The highest BCUT2D eigenvalue weighted by molar-refractivity contribution is 9.10. The number of hydrogen-bond donors (Lipinski definition) is 2. The Labute approximate surface area is 118 Å². The first-order valence-electron chi connectivity index (χ1n) is 5.14. The molecule has 1 atom stereocenters. The minimum Gasteiger partial charge on any atom is -0.389 e. The molecule has 0 aliphatic rings. The van der Waals surface area contributed by atoms with Crippen molar-refractivity contribution in [2.75, 3.05) is 23.9 Å². The predicted octanol–water partition coefficient (Wildman–Crippen LogP) is 2.26. The number of nitrogens with two attached hydrogens (primary N) is 1. The van der Waals surface area contributed by atoms with Gasteiger partial charge in [-0.3, -0.25) is 4.21 Å². The van der Waals surface area contributed by atoms with Crippen molar-refractivity contribution in [2.24, 2.45) is 5.73 Å². The highest BCUT2D eigenvalue weighted by Crippen LogP contribution is 2.23. The lowest BCUT2D eigenvalue weighted by Gasteiger charge is -2.09. The van der Waals surface area contributed by atoms with Gasteiger partial charge in [0.2, 0.25) is 0 Å². The van der Waals surface area contributed by atoms with E-state index in [2.05, 4.69) is 21.2 Å². The molecule has 94 valence electrons. The van der Waals surface area contributed by atoms with Crippen LogP contribution in [0.1, 0.15) is 12.0 Å². The van der Waals surface area contributed by atoms with Crippen LogP contribution in [-0.2, 0) is 10.8 Å². The van der Waals surface area contributed by atoms with Gasteiger partial charge >= 0.3 is 0 Å². The van der Waals surface area contributed by atoms with E-state index in [1.54, 1.807) is 6.26 Å². The molecule has 0 heterocycles. The summed E-state index contributed by atoms with van der Waals surface area (Å²) in [5, 5.41) is 3.27. The van der Waals surface area contributed by atoms with Crippen molar-refractivity contribution in [3.05, 3.63) is 28.2 Å².